The van der Waals surface area contributed by atoms with E-state index in [1.807, 2.05) is 12.1 Å². The molecule has 1 aliphatic heterocycles. The van der Waals surface area contributed by atoms with Crippen molar-refractivity contribution in [3.8, 4) is 0 Å². The van der Waals surface area contributed by atoms with Crippen LogP contribution in [0.5, 0.6) is 0 Å². The zero-order valence-electron chi connectivity index (χ0n) is 12.9. The molecule has 3 rings (SSSR count). The van der Waals surface area contributed by atoms with Gasteiger partial charge in [-0.25, -0.2) is 4.39 Å². The maximum absolute atomic E-state index is 14.4. The highest BCUT2D eigenvalue weighted by atomic mass is 19.1. The van der Waals surface area contributed by atoms with Crippen LogP contribution in [0.3, 0.4) is 0 Å². The van der Waals surface area contributed by atoms with E-state index in [0.717, 1.165) is 56.3 Å². The lowest BCUT2D eigenvalue weighted by atomic mass is 10.0. The van der Waals surface area contributed by atoms with Gasteiger partial charge >= 0.3 is 0 Å². The van der Waals surface area contributed by atoms with Crippen LogP contribution < -0.4 is 10.6 Å². The molecule has 1 aromatic carbocycles. The van der Waals surface area contributed by atoms with E-state index in [4.69, 9.17) is 5.73 Å². The molecule has 1 unspecified atom stereocenters. The first-order chi connectivity index (χ1) is 10.2. The second-order valence-electron chi connectivity index (χ2n) is 6.41. The quantitative estimate of drug-likeness (QED) is 0.904. The smallest absolute Gasteiger partial charge is 0.146 e. The Morgan fingerprint density at radius 3 is 2.52 bits per heavy atom. The summed E-state index contributed by atoms with van der Waals surface area (Å²) in [4.78, 5) is 4.72. The first-order valence-corrected chi connectivity index (χ1v) is 8.20. The zero-order valence-corrected chi connectivity index (χ0v) is 12.9. The molecule has 116 valence electrons. The maximum atomic E-state index is 14.4. The highest BCUT2D eigenvalue weighted by molar-refractivity contribution is 5.49. The van der Waals surface area contributed by atoms with E-state index >= 15 is 0 Å². The van der Waals surface area contributed by atoms with Crippen molar-refractivity contribution in [2.24, 2.45) is 5.73 Å². The molecule has 2 N–H and O–H groups in total. The van der Waals surface area contributed by atoms with Gasteiger partial charge in [0.25, 0.3) is 0 Å². The van der Waals surface area contributed by atoms with Crippen LogP contribution in [-0.2, 0) is 6.42 Å². The van der Waals surface area contributed by atoms with E-state index in [9.17, 15) is 4.39 Å². The summed E-state index contributed by atoms with van der Waals surface area (Å²) in [5, 5.41) is 0. The molecule has 21 heavy (non-hydrogen) atoms. The second-order valence-corrected chi connectivity index (χ2v) is 6.41. The number of benzene rings is 1. The monoisotopic (exact) mass is 291 g/mol. The molecule has 2 aliphatic rings. The van der Waals surface area contributed by atoms with Crippen LogP contribution in [0.1, 0.15) is 31.7 Å². The molecule has 0 bridgehead atoms. The minimum Gasteiger partial charge on any atom is -0.367 e. The molecule has 1 saturated heterocycles. The standard InChI is InChI=1S/C17H26FN3/c1-2-14(19)11-13-3-6-17(16(18)12-13)21-9-7-20(8-10-21)15-4-5-15/h3,6,12,14-15H,2,4-5,7-11,19H2,1H3. The molecule has 2 fully saturated rings. The molecule has 1 heterocycles. The van der Waals surface area contributed by atoms with Gasteiger partial charge in [-0.3, -0.25) is 4.90 Å². The topological polar surface area (TPSA) is 32.5 Å². The molecule has 1 aliphatic carbocycles. The van der Waals surface area contributed by atoms with Gasteiger partial charge < -0.3 is 10.6 Å². The molecule has 0 spiro atoms. The zero-order chi connectivity index (χ0) is 14.8. The molecule has 1 saturated carbocycles. The number of piperazine rings is 1. The van der Waals surface area contributed by atoms with Crippen molar-refractivity contribution >= 4 is 5.69 Å². The first-order valence-electron chi connectivity index (χ1n) is 8.20. The van der Waals surface area contributed by atoms with Crippen molar-refractivity contribution in [1.82, 2.24) is 4.90 Å². The minimum absolute atomic E-state index is 0.101. The number of halogens is 1. The number of rotatable bonds is 5. The predicted molar refractivity (Wildman–Crippen MR) is 85.2 cm³/mol. The Labute approximate surface area is 126 Å². The second kappa shape index (κ2) is 6.32. The van der Waals surface area contributed by atoms with Crippen molar-refractivity contribution in [2.45, 2.75) is 44.7 Å². The molecular formula is C17H26FN3. The number of nitrogens with two attached hydrogens (primary N) is 1. The first kappa shape index (κ1) is 14.8. The molecule has 0 amide bonds. The van der Waals surface area contributed by atoms with Crippen LogP contribution in [0.4, 0.5) is 10.1 Å². The van der Waals surface area contributed by atoms with E-state index < -0.39 is 0 Å². The van der Waals surface area contributed by atoms with Crippen molar-refractivity contribution in [2.75, 3.05) is 31.1 Å². The van der Waals surface area contributed by atoms with Gasteiger partial charge in [0.2, 0.25) is 0 Å². The third kappa shape index (κ3) is 3.55. The number of nitrogens with zero attached hydrogens (tertiary/aromatic N) is 2. The summed E-state index contributed by atoms with van der Waals surface area (Å²) in [7, 11) is 0. The van der Waals surface area contributed by atoms with Gasteiger partial charge in [0.1, 0.15) is 5.82 Å². The Morgan fingerprint density at radius 1 is 1.24 bits per heavy atom. The Morgan fingerprint density at radius 2 is 1.95 bits per heavy atom. The van der Waals surface area contributed by atoms with Gasteiger partial charge in [0.05, 0.1) is 5.69 Å². The van der Waals surface area contributed by atoms with Crippen LogP contribution in [0, 0.1) is 5.82 Å². The molecule has 0 radical (unpaired) electrons. The highest BCUT2D eigenvalue weighted by Gasteiger charge is 2.31. The average Bonchev–Trinajstić information content (AvgIpc) is 3.32. The summed E-state index contributed by atoms with van der Waals surface area (Å²) < 4.78 is 14.4. The van der Waals surface area contributed by atoms with Crippen LogP contribution in [-0.4, -0.2) is 43.2 Å². The summed E-state index contributed by atoms with van der Waals surface area (Å²) in [6.45, 7) is 6.05. The highest BCUT2D eigenvalue weighted by Crippen LogP contribution is 2.29. The summed E-state index contributed by atoms with van der Waals surface area (Å²) in [6, 6.07) is 6.56. The summed E-state index contributed by atoms with van der Waals surface area (Å²) in [5.41, 5.74) is 7.70. The largest absolute Gasteiger partial charge is 0.367 e. The van der Waals surface area contributed by atoms with Gasteiger partial charge in [0, 0.05) is 38.3 Å². The minimum atomic E-state index is -0.101. The summed E-state index contributed by atoms with van der Waals surface area (Å²) in [5.74, 6) is -0.101. The van der Waals surface area contributed by atoms with Crippen molar-refractivity contribution < 1.29 is 4.39 Å². The predicted octanol–water partition coefficient (Wildman–Crippen LogP) is 2.39. The van der Waals surface area contributed by atoms with Crippen molar-refractivity contribution in [1.29, 1.82) is 0 Å². The Kier molecular flexibility index (Phi) is 4.45. The van der Waals surface area contributed by atoms with E-state index in [-0.39, 0.29) is 11.9 Å². The van der Waals surface area contributed by atoms with E-state index in [1.54, 1.807) is 6.07 Å². The summed E-state index contributed by atoms with van der Waals surface area (Å²) in [6.07, 6.45) is 4.37. The Bertz CT molecular complexity index is 479. The van der Waals surface area contributed by atoms with Crippen molar-refractivity contribution in [3.63, 3.8) is 0 Å². The number of hydrogen-bond acceptors (Lipinski definition) is 3. The lowest BCUT2D eigenvalue weighted by Gasteiger charge is -2.36. The van der Waals surface area contributed by atoms with Crippen LogP contribution >= 0.6 is 0 Å². The van der Waals surface area contributed by atoms with Gasteiger partial charge in [-0.15, -0.1) is 0 Å². The van der Waals surface area contributed by atoms with Gasteiger partial charge in [-0.1, -0.05) is 13.0 Å². The molecule has 0 aromatic heterocycles. The van der Waals surface area contributed by atoms with Gasteiger partial charge in [-0.05, 0) is 43.4 Å². The average molecular weight is 291 g/mol. The lowest BCUT2D eigenvalue weighted by Crippen LogP contribution is -2.47. The fourth-order valence-corrected chi connectivity index (χ4v) is 3.15. The number of anilines is 1. The van der Waals surface area contributed by atoms with Crippen LogP contribution in [0.15, 0.2) is 18.2 Å². The third-order valence-electron chi connectivity index (χ3n) is 4.75. The molecular weight excluding hydrogens is 265 g/mol. The van der Waals surface area contributed by atoms with Crippen molar-refractivity contribution in [3.05, 3.63) is 29.6 Å². The van der Waals surface area contributed by atoms with E-state index in [1.165, 1.54) is 12.8 Å². The van der Waals surface area contributed by atoms with Crippen LogP contribution in [0.2, 0.25) is 0 Å². The number of hydrogen-bond donors (Lipinski definition) is 1. The fraction of sp³-hybridized carbons (Fsp3) is 0.647. The third-order valence-corrected chi connectivity index (χ3v) is 4.75. The molecule has 1 aromatic rings. The van der Waals surface area contributed by atoms with E-state index in [2.05, 4.69) is 16.7 Å². The van der Waals surface area contributed by atoms with Gasteiger partial charge in [-0.2, -0.15) is 0 Å². The summed E-state index contributed by atoms with van der Waals surface area (Å²) >= 11 is 0. The molecule has 3 nitrogen and oxygen atoms in total. The molecule has 1 atom stereocenters. The lowest BCUT2D eigenvalue weighted by molar-refractivity contribution is 0.247. The fourth-order valence-electron chi connectivity index (χ4n) is 3.15. The maximum Gasteiger partial charge on any atom is 0.146 e. The van der Waals surface area contributed by atoms with Gasteiger partial charge in [0.15, 0.2) is 0 Å². The SMILES string of the molecule is CCC(N)Cc1ccc(N2CCN(C3CC3)CC2)c(F)c1. The normalized spacial score (nSPS) is 21.6. The molecule has 4 heteroatoms. The van der Waals surface area contributed by atoms with Crippen LogP contribution in [0.25, 0.3) is 0 Å². The Hall–Kier alpha value is -1.13. The Balaban J connectivity index is 1.62. The van der Waals surface area contributed by atoms with E-state index in [0.29, 0.717) is 0 Å².